The molecule has 12 heavy (non-hydrogen) atoms. The van der Waals surface area contributed by atoms with Gasteiger partial charge in [-0.15, -0.1) is 35.3 Å². The lowest BCUT2D eigenvalue weighted by atomic mass is 10.6. The number of hydrogen-bond donors (Lipinski definition) is 0. The van der Waals surface area contributed by atoms with Crippen LogP contribution >= 0.6 is 35.3 Å². The van der Waals surface area contributed by atoms with Crippen LogP contribution in [0.2, 0.25) is 0 Å². The molecule has 0 nitrogen and oxygen atoms in total. The summed E-state index contributed by atoms with van der Waals surface area (Å²) < 4.78 is 0.443. The Balaban J connectivity index is 4.06. The quantitative estimate of drug-likeness (QED) is 0.592. The Bertz CT molecular complexity index is 86.9. The van der Waals surface area contributed by atoms with E-state index in [0.29, 0.717) is 3.41 Å². The summed E-state index contributed by atoms with van der Waals surface area (Å²) in [6.45, 7) is 9.05. The molecule has 0 aliphatic rings. The molecular weight excluding hydrogens is 204 g/mol. The van der Waals surface area contributed by atoms with E-state index < -0.39 is 0 Å². The highest BCUT2D eigenvalue weighted by molar-refractivity contribution is 8.33. The van der Waals surface area contributed by atoms with E-state index in [-0.39, 0.29) is 0 Å². The van der Waals surface area contributed by atoms with Crippen molar-refractivity contribution in [3.05, 3.63) is 0 Å². The summed E-state index contributed by atoms with van der Waals surface area (Å²) in [6, 6.07) is 0. The minimum absolute atomic E-state index is 0.443. The highest BCUT2D eigenvalue weighted by Gasteiger charge is 2.27. The van der Waals surface area contributed by atoms with Gasteiger partial charge in [-0.05, 0) is 23.7 Å². The second kappa shape index (κ2) is 7.45. The van der Waals surface area contributed by atoms with Crippen LogP contribution in [0.5, 0.6) is 0 Å². The van der Waals surface area contributed by atoms with Gasteiger partial charge in [-0.3, -0.25) is 0 Å². The van der Waals surface area contributed by atoms with Crippen molar-refractivity contribution in [1.29, 1.82) is 0 Å². The maximum absolute atomic E-state index is 2.30. The lowest BCUT2D eigenvalue weighted by molar-refractivity contribution is 1.00. The largest absolute Gasteiger partial charge is 0.134 e. The van der Waals surface area contributed by atoms with E-state index >= 15 is 0 Å². The first-order valence-corrected chi connectivity index (χ1v) is 7.62. The molecular formula is C9H20S3. The SMILES string of the molecule is CCSC(CC)(SCC)SCC. The van der Waals surface area contributed by atoms with Gasteiger partial charge in [0.25, 0.3) is 0 Å². The van der Waals surface area contributed by atoms with Gasteiger partial charge in [0.15, 0.2) is 0 Å². The summed E-state index contributed by atoms with van der Waals surface area (Å²) in [7, 11) is 0. The average Bonchev–Trinajstić information content (AvgIpc) is 2.06. The van der Waals surface area contributed by atoms with Gasteiger partial charge < -0.3 is 0 Å². The average molecular weight is 224 g/mol. The lowest BCUT2D eigenvalue weighted by Crippen LogP contribution is -2.15. The van der Waals surface area contributed by atoms with E-state index in [1.165, 1.54) is 23.7 Å². The molecule has 0 heterocycles. The third-order valence-corrected chi connectivity index (χ3v) is 6.70. The van der Waals surface area contributed by atoms with Crippen molar-refractivity contribution in [1.82, 2.24) is 0 Å². The van der Waals surface area contributed by atoms with E-state index in [0.717, 1.165) is 0 Å². The van der Waals surface area contributed by atoms with Gasteiger partial charge in [0.1, 0.15) is 3.41 Å². The molecule has 0 aliphatic heterocycles. The monoisotopic (exact) mass is 224 g/mol. The molecule has 0 aromatic heterocycles. The zero-order valence-electron chi connectivity index (χ0n) is 8.55. The van der Waals surface area contributed by atoms with Gasteiger partial charge in [-0.1, -0.05) is 27.7 Å². The zero-order chi connectivity index (χ0) is 9.45. The maximum Gasteiger partial charge on any atom is 0.106 e. The third-order valence-electron chi connectivity index (χ3n) is 1.53. The Hall–Kier alpha value is 1.05. The van der Waals surface area contributed by atoms with Crippen LogP contribution in [0.1, 0.15) is 34.1 Å². The van der Waals surface area contributed by atoms with E-state index in [2.05, 4.69) is 63.0 Å². The second-order valence-corrected chi connectivity index (χ2v) is 7.80. The first kappa shape index (κ1) is 13.1. The molecule has 0 N–H and O–H groups in total. The van der Waals surface area contributed by atoms with E-state index in [9.17, 15) is 0 Å². The minimum atomic E-state index is 0.443. The predicted octanol–water partition coefficient (Wildman–Crippen LogP) is 4.31. The first-order valence-electron chi connectivity index (χ1n) is 4.66. The standard InChI is InChI=1S/C9H20S3/c1-5-9(10-6-2,11-7-3)12-8-4/h5-8H2,1-4H3. The third kappa shape index (κ3) is 4.33. The summed E-state index contributed by atoms with van der Waals surface area (Å²) in [6.07, 6.45) is 1.27. The van der Waals surface area contributed by atoms with Crippen molar-refractivity contribution < 1.29 is 0 Å². The molecule has 0 aliphatic carbocycles. The van der Waals surface area contributed by atoms with E-state index in [1.807, 2.05) is 0 Å². The summed E-state index contributed by atoms with van der Waals surface area (Å²) in [5.74, 6) is 3.69. The van der Waals surface area contributed by atoms with Gasteiger partial charge in [0, 0.05) is 0 Å². The second-order valence-electron chi connectivity index (χ2n) is 2.34. The van der Waals surface area contributed by atoms with Crippen molar-refractivity contribution in [2.24, 2.45) is 0 Å². The van der Waals surface area contributed by atoms with Crippen molar-refractivity contribution in [3.63, 3.8) is 0 Å². The molecule has 0 atom stereocenters. The van der Waals surface area contributed by atoms with Crippen LogP contribution in [0.4, 0.5) is 0 Å². The van der Waals surface area contributed by atoms with Crippen molar-refractivity contribution in [3.8, 4) is 0 Å². The Labute approximate surface area is 90.0 Å². The number of rotatable bonds is 7. The molecule has 0 amide bonds. The molecule has 0 unspecified atom stereocenters. The van der Waals surface area contributed by atoms with E-state index in [1.54, 1.807) is 0 Å². The Morgan fingerprint density at radius 3 is 1.25 bits per heavy atom. The summed E-state index contributed by atoms with van der Waals surface area (Å²) in [5, 5.41) is 0. The molecule has 74 valence electrons. The Morgan fingerprint density at radius 2 is 1.08 bits per heavy atom. The van der Waals surface area contributed by atoms with Gasteiger partial charge >= 0.3 is 0 Å². The molecule has 3 heteroatoms. The smallest absolute Gasteiger partial charge is 0.106 e. The summed E-state index contributed by atoms with van der Waals surface area (Å²) >= 11 is 6.30. The van der Waals surface area contributed by atoms with Crippen LogP contribution in [0.15, 0.2) is 0 Å². The molecule has 0 bridgehead atoms. The Morgan fingerprint density at radius 1 is 0.750 bits per heavy atom. The van der Waals surface area contributed by atoms with Crippen LogP contribution in [0, 0.1) is 0 Å². The van der Waals surface area contributed by atoms with Crippen LogP contribution in [0.25, 0.3) is 0 Å². The molecule has 0 fully saturated rings. The topological polar surface area (TPSA) is 0 Å². The Kier molecular flexibility index (Phi) is 8.11. The van der Waals surface area contributed by atoms with Gasteiger partial charge in [0.05, 0.1) is 0 Å². The molecule has 0 rings (SSSR count). The molecule has 0 radical (unpaired) electrons. The van der Waals surface area contributed by atoms with Crippen molar-refractivity contribution >= 4 is 35.3 Å². The minimum Gasteiger partial charge on any atom is -0.134 e. The van der Waals surface area contributed by atoms with Crippen molar-refractivity contribution in [2.45, 2.75) is 37.5 Å². The molecule has 0 saturated carbocycles. The molecule has 0 aromatic rings. The highest BCUT2D eigenvalue weighted by atomic mass is 32.3. The molecule has 0 aromatic carbocycles. The van der Waals surface area contributed by atoms with Crippen LogP contribution in [0.3, 0.4) is 0 Å². The lowest BCUT2D eigenvalue weighted by Gasteiger charge is -2.29. The van der Waals surface area contributed by atoms with Crippen molar-refractivity contribution in [2.75, 3.05) is 17.3 Å². The number of thioether (sulfide) groups is 3. The van der Waals surface area contributed by atoms with Gasteiger partial charge in [0.2, 0.25) is 0 Å². The zero-order valence-corrected chi connectivity index (χ0v) is 11.0. The van der Waals surface area contributed by atoms with Crippen LogP contribution < -0.4 is 0 Å². The fraction of sp³-hybridized carbons (Fsp3) is 1.00. The molecule has 0 spiro atoms. The fourth-order valence-corrected chi connectivity index (χ4v) is 6.14. The first-order chi connectivity index (χ1) is 5.74. The van der Waals surface area contributed by atoms with E-state index in [4.69, 9.17) is 0 Å². The maximum atomic E-state index is 2.30. The fourth-order valence-electron chi connectivity index (χ4n) is 1.09. The predicted molar refractivity (Wildman–Crippen MR) is 67.4 cm³/mol. The van der Waals surface area contributed by atoms with Crippen LogP contribution in [-0.2, 0) is 0 Å². The number of hydrogen-bond acceptors (Lipinski definition) is 3. The normalized spacial score (nSPS) is 12.0. The summed E-state index contributed by atoms with van der Waals surface area (Å²) in [5.41, 5.74) is 0. The molecule has 0 saturated heterocycles. The van der Waals surface area contributed by atoms with Gasteiger partial charge in [-0.25, -0.2) is 0 Å². The van der Waals surface area contributed by atoms with Crippen LogP contribution in [-0.4, -0.2) is 20.7 Å². The highest BCUT2D eigenvalue weighted by Crippen LogP contribution is 2.49. The summed E-state index contributed by atoms with van der Waals surface area (Å²) in [4.78, 5) is 0. The van der Waals surface area contributed by atoms with Gasteiger partial charge in [-0.2, -0.15) is 0 Å².